The van der Waals surface area contributed by atoms with E-state index in [1.807, 2.05) is 0 Å². The zero-order valence-corrected chi connectivity index (χ0v) is 17.3. The first-order valence-corrected chi connectivity index (χ1v) is 10.3. The monoisotopic (exact) mass is 389 g/mol. The number of hydrogen-bond acceptors (Lipinski definition) is 4. The molecule has 0 aliphatic carbocycles. The van der Waals surface area contributed by atoms with E-state index in [4.69, 9.17) is 17.0 Å². The summed E-state index contributed by atoms with van der Waals surface area (Å²) in [4.78, 5) is 3.86. The number of nitrogens with zero attached hydrogens (tertiary/aromatic N) is 1. The molecule has 4 nitrogen and oxygen atoms in total. The highest BCUT2D eigenvalue weighted by Gasteiger charge is 2.28. The highest BCUT2D eigenvalue weighted by molar-refractivity contribution is 7.80. The number of thiophene rings is 1. The second kappa shape index (κ2) is 8.95. The van der Waals surface area contributed by atoms with Gasteiger partial charge in [0.15, 0.2) is 5.11 Å². The van der Waals surface area contributed by atoms with Gasteiger partial charge in [0.25, 0.3) is 0 Å². The maximum absolute atomic E-state index is 5.60. The molecule has 1 aromatic carbocycles. The van der Waals surface area contributed by atoms with Gasteiger partial charge < -0.3 is 15.4 Å². The summed E-state index contributed by atoms with van der Waals surface area (Å²) in [6.45, 7) is 9.87. The minimum Gasteiger partial charge on any atom is -0.379 e. The molecule has 26 heavy (non-hydrogen) atoms. The lowest BCUT2D eigenvalue weighted by atomic mass is 10.1. The number of nitrogens with one attached hydrogen (secondary N) is 2. The molecule has 3 rings (SSSR count). The lowest BCUT2D eigenvalue weighted by molar-refractivity contribution is 0.0110. The van der Waals surface area contributed by atoms with Crippen molar-refractivity contribution in [2.45, 2.75) is 32.9 Å². The summed E-state index contributed by atoms with van der Waals surface area (Å²) in [5, 5.41) is 9.68. The van der Waals surface area contributed by atoms with Crippen LogP contribution in [0, 0.1) is 13.8 Å². The first kappa shape index (κ1) is 19.3. The van der Waals surface area contributed by atoms with E-state index in [-0.39, 0.29) is 12.1 Å². The highest BCUT2D eigenvalue weighted by atomic mass is 32.1. The van der Waals surface area contributed by atoms with E-state index in [1.165, 1.54) is 16.0 Å². The maximum Gasteiger partial charge on any atom is 0.171 e. The number of thiocarbonyl (C=S) groups is 1. The Labute approximate surface area is 165 Å². The second-order valence-corrected chi connectivity index (χ2v) is 8.20. The first-order valence-electron chi connectivity index (χ1n) is 9.04. The number of ether oxygens (including phenoxy) is 1. The molecule has 1 aromatic heterocycles. The number of rotatable bonds is 5. The number of hydrogen-bond donors (Lipinski definition) is 2. The average molecular weight is 390 g/mol. The molecule has 1 saturated heterocycles. The minimum atomic E-state index is 0.192. The third-order valence-electron chi connectivity index (χ3n) is 4.75. The fourth-order valence-electron chi connectivity index (χ4n) is 3.37. The van der Waals surface area contributed by atoms with E-state index in [0.29, 0.717) is 5.11 Å². The van der Waals surface area contributed by atoms with Crippen LogP contribution in [0.1, 0.15) is 29.0 Å². The smallest absolute Gasteiger partial charge is 0.171 e. The number of aryl methyl sites for hydroxylation is 2. The standard InChI is InChI=1S/C20H27N3OS2/c1-14-6-7-15(2)17(13-14)22-20(25)21-16(3)19(18-5-4-12-26-18)23-8-10-24-11-9-23/h4-7,12-13,16,19H,8-11H2,1-3H3,(H2,21,22,25)/t16-,19+/m1/s1. The lowest BCUT2D eigenvalue weighted by Crippen LogP contribution is -2.49. The summed E-state index contributed by atoms with van der Waals surface area (Å²) in [5.74, 6) is 0. The van der Waals surface area contributed by atoms with E-state index in [1.54, 1.807) is 11.3 Å². The van der Waals surface area contributed by atoms with Crippen LogP contribution in [0.25, 0.3) is 0 Å². The SMILES string of the molecule is Cc1ccc(C)c(NC(=S)N[C@H](C)[C@@H](c2cccs2)N2CCOCC2)c1. The summed E-state index contributed by atoms with van der Waals surface area (Å²) in [6.07, 6.45) is 0. The van der Waals surface area contributed by atoms with Crippen LogP contribution in [0.3, 0.4) is 0 Å². The highest BCUT2D eigenvalue weighted by Crippen LogP contribution is 2.29. The van der Waals surface area contributed by atoms with Crippen LogP contribution in [-0.2, 0) is 4.74 Å². The van der Waals surface area contributed by atoms with Crippen LogP contribution < -0.4 is 10.6 Å². The molecule has 0 spiro atoms. The molecule has 0 radical (unpaired) electrons. The van der Waals surface area contributed by atoms with Crippen LogP contribution in [0.2, 0.25) is 0 Å². The molecule has 0 unspecified atom stereocenters. The van der Waals surface area contributed by atoms with Crippen molar-refractivity contribution in [1.82, 2.24) is 10.2 Å². The van der Waals surface area contributed by atoms with Crippen LogP contribution in [0.5, 0.6) is 0 Å². The fraction of sp³-hybridized carbons (Fsp3) is 0.450. The quantitative estimate of drug-likeness (QED) is 0.753. The number of morpholine rings is 1. The van der Waals surface area contributed by atoms with Crippen molar-refractivity contribution >= 4 is 34.4 Å². The fourth-order valence-corrected chi connectivity index (χ4v) is 4.63. The normalized spacial score (nSPS) is 17.5. The molecule has 1 aliphatic heterocycles. The van der Waals surface area contributed by atoms with Crippen LogP contribution in [0.4, 0.5) is 5.69 Å². The Bertz CT molecular complexity index is 727. The molecule has 1 aliphatic rings. The first-order chi connectivity index (χ1) is 12.5. The molecule has 140 valence electrons. The van der Waals surface area contributed by atoms with Gasteiger partial charge >= 0.3 is 0 Å². The van der Waals surface area contributed by atoms with E-state index in [0.717, 1.165) is 32.0 Å². The van der Waals surface area contributed by atoms with Crippen molar-refractivity contribution in [2.24, 2.45) is 0 Å². The zero-order chi connectivity index (χ0) is 18.5. The van der Waals surface area contributed by atoms with Crippen LogP contribution in [0.15, 0.2) is 35.7 Å². The van der Waals surface area contributed by atoms with Gasteiger partial charge in [-0.1, -0.05) is 18.2 Å². The molecule has 2 atom stereocenters. The average Bonchev–Trinajstić information content (AvgIpc) is 3.13. The predicted molar refractivity (Wildman–Crippen MR) is 114 cm³/mol. The Morgan fingerprint density at radius 3 is 2.69 bits per heavy atom. The van der Waals surface area contributed by atoms with E-state index < -0.39 is 0 Å². The summed E-state index contributed by atoms with van der Waals surface area (Å²) in [7, 11) is 0. The van der Waals surface area contributed by atoms with Gasteiger partial charge in [-0.2, -0.15) is 0 Å². The Kier molecular flexibility index (Phi) is 6.64. The van der Waals surface area contributed by atoms with Gasteiger partial charge in [-0.3, -0.25) is 4.90 Å². The number of anilines is 1. The third kappa shape index (κ3) is 4.82. The van der Waals surface area contributed by atoms with Crippen molar-refractivity contribution in [3.63, 3.8) is 0 Å². The Morgan fingerprint density at radius 2 is 2.00 bits per heavy atom. The largest absolute Gasteiger partial charge is 0.379 e. The van der Waals surface area contributed by atoms with E-state index >= 15 is 0 Å². The number of benzene rings is 1. The molecular weight excluding hydrogens is 362 g/mol. The lowest BCUT2D eigenvalue weighted by Gasteiger charge is -2.38. The van der Waals surface area contributed by atoms with E-state index in [2.05, 4.69) is 72.0 Å². The van der Waals surface area contributed by atoms with Crippen LogP contribution >= 0.6 is 23.6 Å². The summed E-state index contributed by atoms with van der Waals surface area (Å²) < 4.78 is 5.53. The molecular formula is C20H27N3OS2. The predicted octanol–water partition coefficient (Wildman–Crippen LogP) is 4.11. The topological polar surface area (TPSA) is 36.5 Å². The molecule has 6 heteroatoms. The molecule has 1 fully saturated rings. The van der Waals surface area contributed by atoms with Crippen molar-refractivity contribution < 1.29 is 4.74 Å². The van der Waals surface area contributed by atoms with Gasteiger partial charge in [0.1, 0.15) is 0 Å². The third-order valence-corrected chi connectivity index (χ3v) is 5.91. The Morgan fingerprint density at radius 1 is 1.23 bits per heavy atom. The minimum absolute atomic E-state index is 0.192. The summed E-state index contributed by atoms with van der Waals surface area (Å²) in [5.41, 5.74) is 3.47. The molecule has 2 N–H and O–H groups in total. The van der Waals surface area contributed by atoms with Gasteiger partial charge in [0, 0.05) is 29.7 Å². The van der Waals surface area contributed by atoms with Crippen molar-refractivity contribution in [3.8, 4) is 0 Å². The Hall–Kier alpha value is -1.47. The van der Waals surface area contributed by atoms with Crippen LogP contribution in [-0.4, -0.2) is 42.4 Å². The molecule has 2 heterocycles. The summed E-state index contributed by atoms with van der Waals surface area (Å²) in [6, 6.07) is 11.2. The molecule has 0 amide bonds. The van der Waals surface area contributed by atoms with Gasteiger partial charge in [0.2, 0.25) is 0 Å². The van der Waals surface area contributed by atoms with Crippen molar-refractivity contribution in [2.75, 3.05) is 31.6 Å². The Balaban J connectivity index is 1.69. The summed E-state index contributed by atoms with van der Waals surface area (Å²) >= 11 is 7.41. The zero-order valence-electron chi connectivity index (χ0n) is 15.6. The van der Waals surface area contributed by atoms with Crippen molar-refractivity contribution in [1.29, 1.82) is 0 Å². The van der Waals surface area contributed by atoms with Gasteiger partial charge in [-0.15, -0.1) is 11.3 Å². The maximum atomic E-state index is 5.60. The molecule has 0 bridgehead atoms. The van der Waals surface area contributed by atoms with Crippen molar-refractivity contribution in [3.05, 3.63) is 51.7 Å². The molecule has 0 saturated carbocycles. The van der Waals surface area contributed by atoms with Gasteiger partial charge in [0.05, 0.1) is 19.3 Å². The van der Waals surface area contributed by atoms with Gasteiger partial charge in [-0.05, 0) is 61.6 Å². The second-order valence-electron chi connectivity index (χ2n) is 6.81. The molecule has 2 aromatic rings. The van der Waals surface area contributed by atoms with E-state index in [9.17, 15) is 0 Å². The van der Waals surface area contributed by atoms with Gasteiger partial charge in [-0.25, -0.2) is 0 Å².